The van der Waals surface area contributed by atoms with Gasteiger partial charge in [-0.05, 0) is 57.3 Å². The minimum atomic E-state index is 0.751. The van der Waals surface area contributed by atoms with E-state index in [1.807, 2.05) is 0 Å². The van der Waals surface area contributed by atoms with Crippen LogP contribution in [0.25, 0.3) is 0 Å². The van der Waals surface area contributed by atoms with E-state index in [9.17, 15) is 0 Å². The van der Waals surface area contributed by atoms with Gasteiger partial charge in [0.25, 0.3) is 0 Å². The number of rotatable bonds is 5. The smallest absolute Gasteiger partial charge is 0.0208 e. The molecule has 1 fully saturated rings. The normalized spacial score (nSPS) is 19.8. The quantitative estimate of drug-likeness (QED) is 0.762. The van der Waals surface area contributed by atoms with Gasteiger partial charge in [-0.15, -0.1) is 0 Å². The van der Waals surface area contributed by atoms with Crippen LogP contribution in [0.2, 0.25) is 0 Å². The van der Waals surface area contributed by atoms with Crippen molar-refractivity contribution in [1.29, 1.82) is 0 Å². The molecule has 0 saturated carbocycles. The summed E-state index contributed by atoms with van der Waals surface area (Å²) in [7, 11) is 0. The summed E-state index contributed by atoms with van der Waals surface area (Å²) in [5, 5.41) is 7.08. The number of aryl methyl sites for hydroxylation is 2. The monoisotopic (exact) mass is 232 g/mol. The first-order valence-electron chi connectivity index (χ1n) is 6.76. The van der Waals surface area contributed by atoms with Crippen molar-refractivity contribution < 1.29 is 0 Å². The molecule has 94 valence electrons. The SMILES string of the molecule is Cc1ccc(CNCCC2CCCN2)c(C)c1. The molecule has 2 nitrogen and oxygen atoms in total. The minimum absolute atomic E-state index is 0.751. The summed E-state index contributed by atoms with van der Waals surface area (Å²) in [4.78, 5) is 0. The first kappa shape index (κ1) is 12.6. The van der Waals surface area contributed by atoms with Crippen molar-refractivity contribution >= 4 is 0 Å². The summed E-state index contributed by atoms with van der Waals surface area (Å²) >= 11 is 0. The van der Waals surface area contributed by atoms with E-state index in [-0.39, 0.29) is 0 Å². The third-order valence-corrected chi connectivity index (χ3v) is 3.65. The molecule has 0 aromatic heterocycles. The highest BCUT2D eigenvalue weighted by Gasteiger charge is 2.12. The van der Waals surface area contributed by atoms with Crippen molar-refractivity contribution in [1.82, 2.24) is 10.6 Å². The Morgan fingerprint density at radius 3 is 2.94 bits per heavy atom. The zero-order chi connectivity index (χ0) is 12.1. The van der Waals surface area contributed by atoms with E-state index < -0.39 is 0 Å². The van der Waals surface area contributed by atoms with E-state index in [1.165, 1.54) is 42.5 Å². The van der Waals surface area contributed by atoms with Crippen molar-refractivity contribution in [3.63, 3.8) is 0 Å². The zero-order valence-electron chi connectivity index (χ0n) is 11.1. The second-order valence-electron chi connectivity index (χ2n) is 5.19. The molecule has 0 spiro atoms. The first-order chi connectivity index (χ1) is 8.25. The lowest BCUT2D eigenvalue weighted by molar-refractivity contribution is 0.523. The highest BCUT2D eigenvalue weighted by molar-refractivity contribution is 5.30. The standard InChI is InChI=1S/C15H24N2/c1-12-5-6-14(13(2)10-12)11-16-9-7-15-4-3-8-17-15/h5-6,10,15-17H,3-4,7-9,11H2,1-2H3. The van der Waals surface area contributed by atoms with E-state index in [0.29, 0.717) is 0 Å². The van der Waals surface area contributed by atoms with Crippen LogP contribution in [0.4, 0.5) is 0 Å². The van der Waals surface area contributed by atoms with Crippen LogP contribution in [0.15, 0.2) is 18.2 Å². The molecule has 17 heavy (non-hydrogen) atoms. The highest BCUT2D eigenvalue weighted by atomic mass is 14.9. The average Bonchev–Trinajstić information content (AvgIpc) is 2.79. The van der Waals surface area contributed by atoms with Crippen LogP contribution >= 0.6 is 0 Å². The Balaban J connectivity index is 1.70. The van der Waals surface area contributed by atoms with Crippen LogP contribution in [0.3, 0.4) is 0 Å². The molecule has 0 aliphatic carbocycles. The van der Waals surface area contributed by atoms with Crippen LogP contribution in [0.5, 0.6) is 0 Å². The molecule has 1 aromatic rings. The summed E-state index contributed by atoms with van der Waals surface area (Å²) in [5.74, 6) is 0. The number of benzene rings is 1. The van der Waals surface area contributed by atoms with Crippen LogP contribution in [0, 0.1) is 13.8 Å². The average molecular weight is 232 g/mol. The van der Waals surface area contributed by atoms with Gasteiger partial charge in [0.2, 0.25) is 0 Å². The summed E-state index contributed by atoms with van der Waals surface area (Å²) in [5.41, 5.74) is 4.17. The third-order valence-electron chi connectivity index (χ3n) is 3.65. The van der Waals surface area contributed by atoms with Crippen LogP contribution in [-0.4, -0.2) is 19.1 Å². The van der Waals surface area contributed by atoms with Gasteiger partial charge in [0.05, 0.1) is 0 Å². The maximum Gasteiger partial charge on any atom is 0.0208 e. The Morgan fingerprint density at radius 2 is 2.24 bits per heavy atom. The van der Waals surface area contributed by atoms with Gasteiger partial charge in [0.1, 0.15) is 0 Å². The fourth-order valence-corrected chi connectivity index (χ4v) is 2.55. The van der Waals surface area contributed by atoms with Gasteiger partial charge in [-0.1, -0.05) is 23.8 Å². The number of hydrogen-bond donors (Lipinski definition) is 2. The molecule has 2 N–H and O–H groups in total. The van der Waals surface area contributed by atoms with Crippen LogP contribution < -0.4 is 10.6 Å². The van der Waals surface area contributed by atoms with E-state index in [0.717, 1.165) is 19.1 Å². The fourth-order valence-electron chi connectivity index (χ4n) is 2.55. The third kappa shape index (κ3) is 3.83. The maximum atomic E-state index is 3.55. The summed E-state index contributed by atoms with van der Waals surface area (Å²) in [6.45, 7) is 7.67. The topological polar surface area (TPSA) is 24.1 Å². The molecular formula is C15H24N2. The second-order valence-corrected chi connectivity index (χ2v) is 5.19. The molecule has 1 unspecified atom stereocenters. The lowest BCUT2D eigenvalue weighted by Crippen LogP contribution is -2.27. The van der Waals surface area contributed by atoms with Crippen LogP contribution in [-0.2, 0) is 6.54 Å². The Kier molecular flexibility index (Phi) is 4.57. The van der Waals surface area contributed by atoms with Crippen molar-refractivity contribution in [3.8, 4) is 0 Å². The largest absolute Gasteiger partial charge is 0.314 e. The maximum absolute atomic E-state index is 3.55. The fraction of sp³-hybridized carbons (Fsp3) is 0.600. The molecule has 0 radical (unpaired) electrons. The summed E-state index contributed by atoms with van der Waals surface area (Å²) in [6, 6.07) is 7.45. The molecule has 1 aliphatic rings. The number of hydrogen-bond acceptors (Lipinski definition) is 2. The molecule has 1 saturated heterocycles. The second kappa shape index (κ2) is 6.18. The molecule has 0 amide bonds. The number of nitrogens with one attached hydrogen (secondary N) is 2. The van der Waals surface area contributed by atoms with Crippen molar-refractivity contribution in [3.05, 3.63) is 34.9 Å². The molecule has 1 aliphatic heterocycles. The Hall–Kier alpha value is -0.860. The van der Waals surface area contributed by atoms with Gasteiger partial charge in [-0.25, -0.2) is 0 Å². The molecule has 1 heterocycles. The van der Waals surface area contributed by atoms with Crippen molar-refractivity contribution in [2.75, 3.05) is 13.1 Å². The van der Waals surface area contributed by atoms with E-state index >= 15 is 0 Å². The highest BCUT2D eigenvalue weighted by Crippen LogP contribution is 2.11. The zero-order valence-corrected chi connectivity index (χ0v) is 11.1. The van der Waals surface area contributed by atoms with Gasteiger partial charge in [-0.3, -0.25) is 0 Å². The lowest BCUT2D eigenvalue weighted by atomic mass is 10.1. The summed E-state index contributed by atoms with van der Waals surface area (Å²) < 4.78 is 0. The van der Waals surface area contributed by atoms with Gasteiger partial charge in [0.15, 0.2) is 0 Å². The summed E-state index contributed by atoms with van der Waals surface area (Å²) in [6.07, 6.45) is 3.96. The van der Waals surface area contributed by atoms with E-state index in [4.69, 9.17) is 0 Å². The molecule has 1 atom stereocenters. The molecule has 2 heteroatoms. The van der Waals surface area contributed by atoms with Gasteiger partial charge < -0.3 is 10.6 Å². The first-order valence-corrected chi connectivity index (χ1v) is 6.76. The Morgan fingerprint density at radius 1 is 1.35 bits per heavy atom. The van der Waals surface area contributed by atoms with Gasteiger partial charge in [0, 0.05) is 12.6 Å². The Bertz CT molecular complexity index is 354. The predicted octanol–water partition coefficient (Wildman–Crippen LogP) is 2.54. The van der Waals surface area contributed by atoms with Crippen molar-refractivity contribution in [2.45, 2.75) is 45.7 Å². The molecule has 1 aromatic carbocycles. The van der Waals surface area contributed by atoms with E-state index in [2.05, 4.69) is 42.7 Å². The van der Waals surface area contributed by atoms with Crippen molar-refractivity contribution in [2.24, 2.45) is 0 Å². The van der Waals surface area contributed by atoms with Crippen LogP contribution in [0.1, 0.15) is 36.0 Å². The predicted molar refractivity (Wildman–Crippen MR) is 73.3 cm³/mol. The Labute approximate surface area is 105 Å². The minimum Gasteiger partial charge on any atom is -0.314 e. The van der Waals surface area contributed by atoms with E-state index in [1.54, 1.807) is 0 Å². The molecule has 0 bridgehead atoms. The molecular weight excluding hydrogens is 208 g/mol. The van der Waals surface area contributed by atoms with Gasteiger partial charge >= 0.3 is 0 Å². The lowest BCUT2D eigenvalue weighted by Gasteiger charge is -2.12. The van der Waals surface area contributed by atoms with Gasteiger partial charge in [-0.2, -0.15) is 0 Å². The molecule has 2 rings (SSSR count).